The Labute approximate surface area is 139 Å². The third kappa shape index (κ3) is 3.73. The zero-order valence-electron chi connectivity index (χ0n) is 13.1. The van der Waals surface area contributed by atoms with Gasteiger partial charge in [0.15, 0.2) is 0 Å². The molecule has 7 nitrogen and oxygen atoms in total. The molecule has 0 spiro atoms. The second kappa shape index (κ2) is 6.98. The molecule has 0 radical (unpaired) electrons. The summed E-state index contributed by atoms with van der Waals surface area (Å²) in [5, 5.41) is 10.5. The van der Waals surface area contributed by atoms with Crippen LogP contribution in [0.2, 0.25) is 0 Å². The average molecular weight is 360 g/mol. The van der Waals surface area contributed by atoms with Gasteiger partial charge in [0.05, 0.1) is 5.92 Å². The van der Waals surface area contributed by atoms with Gasteiger partial charge in [-0.2, -0.15) is 4.31 Å². The van der Waals surface area contributed by atoms with E-state index < -0.39 is 27.8 Å². The van der Waals surface area contributed by atoms with Crippen LogP contribution < -0.4 is 0 Å². The summed E-state index contributed by atoms with van der Waals surface area (Å²) in [4.78, 5) is 24.8. The molecular formula is C14H20N2O5S2. The molecule has 23 heavy (non-hydrogen) atoms. The molecule has 1 aliphatic heterocycles. The van der Waals surface area contributed by atoms with Crippen LogP contribution >= 0.6 is 11.3 Å². The molecule has 1 unspecified atom stereocenters. The third-order valence-electron chi connectivity index (χ3n) is 3.82. The Kier molecular flexibility index (Phi) is 5.43. The average Bonchev–Trinajstić information content (AvgIpc) is 3.17. The summed E-state index contributed by atoms with van der Waals surface area (Å²) in [5.74, 6) is -2.19. The summed E-state index contributed by atoms with van der Waals surface area (Å²) in [6.07, 6.45) is 1.64. The van der Waals surface area contributed by atoms with E-state index in [0.29, 0.717) is 13.1 Å². The van der Waals surface area contributed by atoms with Gasteiger partial charge in [-0.1, -0.05) is 6.92 Å². The van der Waals surface area contributed by atoms with Gasteiger partial charge in [-0.3, -0.25) is 9.59 Å². The van der Waals surface area contributed by atoms with E-state index in [1.807, 2.05) is 0 Å². The molecule has 0 aromatic carbocycles. The summed E-state index contributed by atoms with van der Waals surface area (Å²) < 4.78 is 26.7. The van der Waals surface area contributed by atoms with Crippen molar-refractivity contribution >= 4 is 33.2 Å². The molecule has 1 amide bonds. The Morgan fingerprint density at radius 2 is 2.00 bits per heavy atom. The first-order valence-corrected chi connectivity index (χ1v) is 9.63. The van der Waals surface area contributed by atoms with Crippen LogP contribution in [0.1, 0.15) is 29.4 Å². The lowest BCUT2D eigenvalue weighted by Gasteiger charge is -2.20. The molecule has 1 fully saturated rings. The van der Waals surface area contributed by atoms with E-state index in [-0.39, 0.29) is 16.3 Å². The molecule has 1 saturated heterocycles. The highest BCUT2D eigenvalue weighted by Gasteiger charge is 2.33. The van der Waals surface area contributed by atoms with Gasteiger partial charge in [0.1, 0.15) is 9.77 Å². The summed E-state index contributed by atoms with van der Waals surface area (Å²) >= 11 is 1.06. The van der Waals surface area contributed by atoms with Crippen molar-refractivity contribution in [3.8, 4) is 0 Å². The normalized spacial score (nSPS) is 17.1. The van der Waals surface area contributed by atoms with Gasteiger partial charge in [0.2, 0.25) is 10.0 Å². The molecule has 0 saturated carbocycles. The molecule has 1 N–H and O–H groups in total. The van der Waals surface area contributed by atoms with E-state index in [4.69, 9.17) is 5.11 Å². The fourth-order valence-corrected chi connectivity index (χ4v) is 5.38. The Hall–Kier alpha value is -1.45. The van der Waals surface area contributed by atoms with Crippen LogP contribution in [0, 0.1) is 5.92 Å². The SMILES string of the molecule is CC(CN(C)C(=O)c1sccc1S(=O)(=O)N1CCCC1)C(=O)O. The number of hydrogen-bond donors (Lipinski definition) is 1. The highest BCUT2D eigenvalue weighted by molar-refractivity contribution is 7.89. The van der Waals surface area contributed by atoms with Gasteiger partial charge >= 0.3 is 5.97 Å². The number of rotatable bonds is 6. The summed E-state index contributed by atoms with van der Waals surface area (Å²) in [6.45, 7) is 2.47. The first-order valence-electron chi connectivity index (χ1n) is 7.31. The molecule has 0 aliphatic carbocycles. The number of nitrogens with zero attached hydrogens (tertiary/aromatic N) is 2. The number of amides is 1. The Morgan fingerprint density at radius 3 is 2.57 bits per heavy atom. The van der Waals surface area contributed by atoms with Crippen molar-refractivity contribution in [1.29, 1.82) is 0 Å². The van der Waals surface area contributed by atoms with Gasteiger partial charge in [-0.15, -0.1) is 11.3 Å². The van der Waals surface area contributed by atoms with Crippen LogP contribution in [0.5, 0.6) is 0 Å². The Balaban J connectivity index is 2.23. The molecule has 2 rings (SSSR count). The lowest BCUT2D eigenvalue weighted by atomic mass is 10.2. The van der Waals surface area contributed by atoms with Crippen molar-refractivity contribution in [3.63, 3.8) is 0 Å². The van der Waals surface area contributed by atoms with Gasteiger partial charge in [-0.25, -0.2) is 8.42 Å². The van der Waals surface area contributed by atoms with Gasteiger partial charge in [0, 0.05) is 26.7 Å². The molecule has 1 atom stereocenters. The number of aliphatic carboxylic acids is 1. The van der Waals surface area contributed by atoms with Crippen LogP contribution in [-0.2, 0) is 14.8 Å². The summed E-state index contributed by atoms with van der Waals surface area (Å²) in [5.41, 5.74) is 0. The smallest absolute Gasteiger partial charge is 0.308 e. The van der Waals surface area contributed by atoms with Crippen LogP contribution in [0.4, 0.5) is 0 Å². The minimum Gasteiger partial charge on any atom is -0.481 e. The lowest BCUT2D eigenvalue weighted by molar-refractivity contribution is -0.141. The van der Waals surface area contributed by atoms with E-state index in [1.54, 1.807) is 5.38 Å². The van der Waals surface area contributed by atoms with Crippen LogP contribution in [0.3, 0.4) is 0 Å². The topological polar surface area (TPSA) is 95.0 Å². The number of carboxylic acids is 1. The predicted octanol–water partition coefficient (Wildman–Crippen LogP) is 1.33. The van der Waals surface area contributed by atoms with Gasteiger partial charge in [0.25, 0.3) is 5.91 Å². The molecule has 0 bridgehead atoms. The minimum atomic E-state index is -3.67. The van der Waals surface area contributed by atoms with E-state index in [2.05, 4.69) is 0 Å². The number of carbonyl (C=O) groups is 2. The van der Waals surface area contributed by atoms with Gasteiger partial charge in [-0.05, 0) is 24.3 Å². The van der Waals surface area contributed by atoms with Crippen LogP contribution in [-0.4, -0.2) is 61.3 Å². The third-order valence-corrected chi connectivity index (χ3v) is 6.79. The van der Waals surface area contributed by atoms with E-state index >= 15 is 0 Å². The largest absolute Gasteiger partial charge is 0.481 e. The van der Waals surface area contributed by atoms with Crippen molar-refractivity contribution in [3.05, 3.63) is 16.3 Å². The fourth-order valence-electron chi connectivity index (χ4n) is 2.47. The molecule has 2 heterocycles. The molecule has 1 aromatic rings. The standard InChI is InChI=1S/C14H20N2O5S2/c1-10(14(18)19)9-15(2)13(17)12-11(5-8-22-12)23(20,21)16-6-3-4-7-16/h5,8,10H,3-4,6-7,9H2,1-2H3,(H,18,19). The Morgan fingerprint density at radius 1 is 1.39 bits per heavy atom. The molecule has 1 aromatic heterocycles. The molecule has 9 heteroatoms. The number of sulfonamides is 1. The highest BCUT2D eigenvalue weighted by atomic mass is 32.2. The maximum absolute atomic E-state index is 12.6. The molecule has 128 valence electrons. The first-order chi connectivity index (χ1) is 10.7. The van der Waals surface area contributed by atoms with E-state index in [9.17, 15) is 18.0 Å². The number of thiophene rings is 1. The monoisotopic (exact) mass is 360 g/mol. The zero-order chi connectivity index (χ0) is 17.2. The second-order valence-electron chi connectivity index (χ2n) is 5.65. The minimum absolute atomic E-state index is 0.0178. The number of carbonyl (C=O) groups excluding carboxylic acids is 1. The van der Waals surface area contributed by atoms with E-state index in [0.717, 1.165) is 24.2 Å². The zero-order valence-corrected chi connectivity index (χ0v) is 14.7. The highest BCUT2D eigenvalue weighted by Crippen LogP contribution is 2.28. The van der Waals surface area contributed by atoms with Crippen LogP contribution in [0.15, 0.2) is 16.3 Å². The second-order valence-corrected chi connectivity index (χ2v) is 8.47. The predicted molar refractivity (Wildman–Crippen MR) is 86.1 cm³/mol. The fraction of sp³-hybridized carbons (Fsp3) is 0.571. The Bertz CT molecular complexity index is 692. The number of carboxylic acid groups (broad SMARTS) is 1. The van der Waals surface area contributed by atoms with E-state index in [1.165, 1.54) is 29.2 Å². The van der Waals surface area contributed by atoms with Crippen molar-refractivity contribution in [1.82, 2.24) is 9.21 Å². The molecular weight excluding hydrogens is 340 g/mol. The lowest BCUT2D eigenvalue weighted by Crippen LogP contribution is -2.35. The van der Waals surface area contributed by atoms with Crippen LogP contribution in [0.25, 0.3) is 0 Å². The maximum atomic E-state index is 12.6. The van der Waals surface area contributed by atoms with Crippen molar-refractivity contribution in [2.75, 3.05) is 26.7 Å². The van der Waals surface area contributed by atoms with Gasteiger partial charge < -0.3 is 10.0 Å². The first kappa shape index (κ1) is 17.9. The number of hydrogen-bond acceptors (Lipinski definition) is 5. The maximum Gasteiger partial charge on any atom is 0.308 e. The van der Waals surface area contributed by atoms with Crippen molar-refractivity contribution in [2.24, 2.45) is 5.92 Å². The summed E-state index contributed by atoms with van der Waals surface area (Å²) in [7, 11) is -2.19. The van der Waals surface area contributed by atoms with Crippen molar-refractivity contribution < 1.29 is 23.1 Å². The molecule has 1 aliphatic rings. The van der Waals surface area contributed by atoms with Crippen molar-refractivity contribution in [2.45, 2.75) is 24.7 Å². The summed E-state index contributed by atoms with van der Waals surface area (Å²) in [6, 6.07) is 1.44. The quantitative estimate of drug-likeness (QED) is 0.826.